The molecule has 1 aromatic heterocycles. The fourth-order valence-electron chi connectivity index (χ4n) is 2.35. The Labute approximate surface area is 92.1 Å². The second-order valence-electron chi connectivity index (χ2n) is 5.50. The molecule has 2 heteroatoms. The van der Waals surface area contributed by atoms with E-state index in [9.17, 15) is 0 Å². The first-order valence-corrected chi connectivity index (χ1v) is 5.67. The first kappa shape index (κ1) is 10.5. The van der Waals surface area contributed by atoms with Crippen LogP contribution in [0.1, 0.15) is 50.4 Å². The van der Waals surface area contributed by atoms with Gasteiger partial charge in [0.25, 0.3) is 0 Å². The normalized spacial score (nSPS) is 17.7. The highest BCUT2D eigenvalue weighted by molar-refractivity contribution is 5.63. The van der Waals surface area contributed by atoms with E-state index in [2.05, 4.69) is 44.9 Å². The minimum Gasteiger partial charge on any atom is -0.378 e. The Morgan fingerprint density at radius 2 is 2.07 bits per heavy atom. The van der Waals surface area contributed by atoms with Crippen LogP contribution >= 0.6 is 0 Å². The molecule has 0 aliphatic carbocycles. The minimum atomic E-state index is 0.162. The van der Waals surface area contributed by atoms with Gasteiger partial charge in [-0.2, -0.15) is 0 Å². The van der Waals surface area contributed by atoms with E-state index in [0.29, 0.717) is 5.92 Å². The Morgan fingerprint density at radius 3 is 2.67 bits per heavy atom. The zero-order valence-corrected chi connectivity index (χ0v) is 10.3. The molecular weight excluding hydrogens is 184 g/mol. The molecule has 2 nitrogen and oxygen atoms in total. The van der Waals surface area contributed by atoms with Gasteiger partial charge >= 0.3 is 0 Å². The summed E-state index contributed by atoms with van der Waals surface area (Å²) in [4.78, 5) is 4.57. The van der Waals surface area contributed by atoms with Crippen LogP contribution in [0.25, 0.3) is 0 Å². The van der Waals surface area contributed by atoms with Gasteiger partial charge in [-0.25, -0.2) is 0 Å². The molecular formula is C13H20N2. The minimum absolute atomic E-state index is 0.162. The molecule has 0 saturated heterocycles. The molecule has 1 aliphatic rings. The number of pyridine rings is 1. The topological polar surface area (TPSA) is 24.9 Å². The molecule has 1 aliphatic heterocycles. The number of hydrogen-bond donors (Lipinski definition) is 1. The Morgan fingerprint density at radius 1 is 1.40 bits per heavy atom. The van der Waals surface area contributed by atoms with Crippen molar-refractivity contribution in [3.8, 4) is 0 Å². The molecule has 0 atom stereocenters. The van der Waals surface area contributed by atoms with Crippen molar-refractivity contribution in [3.05, 3.63) is 23.0 Å². The van der Waals surface area contributed by atoms with E-state index in [1.165, 1.54) is 22.5 Å². The summed E-state index contributed by atoms with van der Waals surface area (Å²) in [7, 11) is 0. The summed E-state index contributed by atoms with van der Waals surface area (Å²) >= 11 is 0. The fraction of sp³-hybridized carbons (Fsp3) is 0.615. The molecule has 0 amide bonds. The molecule has 82 valence electrons. The molecule has 1 N–H and O–H groups in total. The monoisotopic (exact) mass is 204 g/mol. The molecule has 0 aromatic carbocycles. The van der Waals surface area contributed by atoms with Crippen molar-refractivity contribution in [3.63, 3.8) is 0 Å². The summed E-state index contributed by atoms with van der Waals surface area (Å²) in [6, 6.07) is 0. The standard InChI is InChI=1S/C13H20N2/c1-8(2)10-7-14-11-6-13(4,5)15-12(11)9(10)3/h7-8,15H,6H2,1-5H3. The summed E-state index contributed by atoms with van der Waals surface area (Å²) in [6.07, 6.45) is 3.07. The van der Waals surface area contributed by atoms with Gasteiger partial charge in [0.1, 0.15) is 0 Å². The largest absolute Gasteiger partial charge is 0.378 e. The quantitative estimate of drug-likeness (QED) is 0.759. The van der Waals surface area contributed by atoms with Crippen LogP contribution in [0.4, 0.5) is 5.69 Å². The van der Waals surface area contributed by atoms with E-state index in [1.54, 1.807) is 0 Å². The van der Waals surface area contributed by atoms with Crippen LogP contribution in [0.5, 0.6) is 0 Å². The van der Waals surface area contributed by atoms with Gasteiger partial charge in [-0.15, -0.1) is 0 Å². The Hall–Kier alpha value is -1.05. The van der Waals surface area contributed by atoms with Crippen molar-refractivity contribution in [2.75, 3.05) is 5.32 Å². The highest BCUT2D eigenvalue weighted by atomic mass is 15.0. The zero-order chi connectivity index (χ0) is 11.2. The predicted molar refractivity (Wildman–Crippen MR) is 64.5 cm³/mol. The van der Waals surface area contributed by atoms with Crippen LogP contribution < -0.4 is 5.32 Å². The fourth-order valence-corrected chi connectivity index (χ4v) is 2.35. The molecule has 15 heavy (non-hydrogen) atoms. The number of fused-ring (bicyclic) bond motifs is 1. The van der Waals surface area contributed by atoms with Crippen molar-refractivity contribution in [2.45, 2.75) is 52.5 Å². The van der Waals surface area contributed by atoms with Gasteiger partial charge < -0.3 is 5.32 Å². The number of nitrogens with zero attached hydrogens (tertiary/aromatic N) is 1. The summed E-state index contributed by atoms with van der Waals surface area (Å²) in [5, 5.41) is 3.57. The van der Waals surface area contributed by atoms with E-state index >= 15 is 0 Å². The number of aromatic nitrogens is 1. The lowest BCUT2D eigenvalue weighted by Gasteiger charge is -2.19. The van der Waals surface area contributed by atoms with E-state index in [4.69, 9.17) is 0 Å². The Bertz CT molecular complexity index is 392. The first-order chi connectivity index (χ1) is 6.91. The van der Waals surface area contributed by atoms with E-state index in [0.717, 1.165) is 6.42 Å². The third-order valence-electron chi connectivity index (χ3n) is 3.15. The number of nitrogens with one attached hydrogen (secondary N) is 1. The number of rotatable bonds is 1. The van der Waals surface area contributed by atoms with Crippen LogP contribution in [-0.2, 0) is 6.42 Å². The molecule has 0 bridgehead atoms. The average Bonchev–Trinajstić information content (AvgIpc) is 2.40. The van der Waals surface area contributed by atoms with Gasteiger partial charge in [-0.3, -0.25) is 4.98 Å². The van der Waals surface area contributed by atoms with Crippen LogP contribution in [0.3, 0.4) is 0 Å². The first-order valence-electron chi connectivity index (χ1n) is 5.67. The summed E-state index contributed by atoms with van der Waals surface area (Å²) in [6.45, 7) is 11.1. The van der Waals surface area contributed by atoms with Gasteiger partial charge in [0.15, 0.2) is 0 Å². The molecule has 2 rings (SSSR count). The van der Waals surface area contributed by atoms with Crippen molar-refractivity contribution in [2.24, 2.45) is 0 Å². The molecule has 0 fully saturated rings. The van der Waals surface area contributed by atoms with E-state index in [-0.39, 0.29) is 5.54 Å². The highest BCUT2D eigenvalue weighted by Crippen LogP contribution is 2.36. The average molecular weight is 204 g/mol. The lowest BCUT2D eigenvalue weighted by molar-refractivity contribution is 0.588. The Balaban J connectivity index is 2.49. The maximum Gasteiger partial charge on any atom is 0.0660 e. The number of hydrogen-bond acceptors (Lipinski definition) is 2. The summed E-state index contributed by atoms with van der Waals surface area (Å²) in [5.74, 6) is 0.549. The Kier molecular flexibility index (Phi) is 2.25. The summed E-state index contributed by atoms with van der Waals surface area (Å²) in [5.41, 5.74) is 5.39. The molecule has 0 unspecified atom stereocenters. The van der Waals surface area contributed by atoms with Gasteiger partial charge in [0, 0.05) is 18.2 Å². The second kappa shape index (κ2) is 3.22. The predicted octanol–water partition coefficient (Wildman–Crippen LogP) is 3.26. The van der Waals surface area contributed by atoms with Crippen molar-refractivity contribution in [1.29, 1.82) is 0 Å². The second-order valence-corrected chi connectivity index (χ2v) is 5.50. The molecule has 1 aromatic rings. The smallest absolute Gasteiger partial charge is 0.0660 e. The van der Waals surface area contributed by atoms with Crippen molar-refractivity contribution >= 4 is 5.69 Å². The third kappa shape index (κ3) is 1.73. The molecule has 2 heterocycles. The van der Waals surface area contributed by atoms with Crippen LogP contribution in [0.15, 0.2) is 6.20 Å². The van der Waals surface area contributed by atoms with Crippen molar-refractivity contribution < 1.29 is 0 Å². The SMILES string of the molecule is Cc1c(C(C)C)cnc2c1NC(C)(C)C2. The summed E-state index contributed by atoms with van der Waals surface area (Å²) < 4.78 is 0. The lowest BCUT2D eigenvalue weighted by atomic mass is 9.98. The molecule has 0 radical (unpaired) electrons. The maximum absolute atomic E-state index is 4.57. The van der Waals surface area contributed by atoms with Gasteiger partial charge in [-0.1, -0.05) is 13.8 Å². The highest BCUT2D eigenvalue weighted by Gasteiger charge is 2.30. The van der Waals surface area contributed by atoms with Gasteiger partial charge in [0.2, 0.25) is 0 Å². The molecule has 0 saturated carbocycles. The van der Waals surface area contributed by atoms with Crippen LogP contribution in [0, 0.1) is 6.92 Å². The van der Waals surface area contributed by atoms with E-state index < -0.39 is 0 Å². The maximum atomic E-state index is 4.57. The molecule has 0 spiro atoms. The van der Waals surface area contributed by atoms with Gasteiger partial charge in [0.05, 0.1) is 11.4 Å². The van der Waals surface area contributed by atoms with Crippen LogP contribution in [0.2, 0.25) is 0 Å². The van der Waals surface area contributed by atoms with Crippen LogP contribution in [-0.4, -0.2) is 10.5 Å². The third-order valence-corrected chi connectivity index (χ3v) is 3.15. The van der Waals surface area contributed by atoms with E-state index in [1.807, 2.05) is 6.20 Å². The lowest BCUT2D eigenvalue weighted by Crippen LogP contribution is -2.27. The zero-order valence-electron chi connectivity index (χ0n) is 10.3. The number of anilines is 1. The van der Waals surface area contributed by atoms with Gasteiger partial charge in [-0.05, 0) is 37.8 Å². The van der Waals surface area contributed by atoms with Crippen molar-refractivity contribution in [1.82, 2.24) is 4.98 Å².